The third-order valence-corrected chi connectivity index (χ3v) is 2.36. The van der Waals surface area contributed by atoms with Crippen LogP contribution >= 0.6 is 0 Å². The Morgan fingerprint density at radius 2 is 2.05 bits per heavy atom. The molecule has 0 radical (unpaired) electrons. The number of hydrogen-bond acceptors (Lipinski definition) is 7. The minimum absolute atomic E-state index is 0.322. The molecule has 3 N–H and O–H groups in total. The molecule has 0 aliphatic rings. The van der Waals surface area contributed by atoms with Crippen LogP contribution in [0.25, 0.3) is 0 Å². The zero-order valence-corrected chi connectivity index (χ0v) is 12.1. The Morgan fingerprint density at radius 3 is 2.63 bits per heavy atom. The number of ether oxygens (including phenoxy) is 2. The van der Waals surface area contributed by atoms with Gasteiger partial charge in [0.25, 0.3) is 0 Å². The van der Waals surface area contributed by atoms with Crippen LogP contribution in [0, 0.1) is 0 Å². The number of aromatic nitrogens is 2. The third-order valence-electron chi connectivity index (χ3n) is 2.36. The maximum atomic E-state index is 5.98. The second kappa shape index (κ2) is 7.75. The molecule has 0 bridgehead atoms. The number of nitrogen functional groups attached to an aromatic ring is 1. The van der Waals surface area contributed by atoms with Crippen LogP contribution in [-0.4, -0.2) is 55.8 Å². The van der Waals surface area contributed by atoms with E-state index in [4.69, 9.17) is 15.2 Å². The van der Waals surface area contributed by atoms with Gasteiger partial charge >= 0.3 is 0 Å². The summed E-state index contributed by atoms with van der Waals surface area (Å²) < 4.78 is 10.5. The van der Waals surface area contributed by atoms with Gasteiger partial charge in [-0.3, -0.25) is 0 Å². The average Bonchev–Trinajstić information content (AvgIpc) is 2.34. The number of nitrogens with zero attached hydrogens (tertiary/aromatic N) is 3. The highest BCUT2D eigenvalue weighted by atomic mass is 16.5. The Labute approximate surface area is 114 Å². The van der Waals surface area contributed by atoms with Crippen molar-refractivity contribution in [3.8, 4) is 5.88 Å². The van der Waals surface area contributed by atoms with E-state index in [2.05, 4.69) is 20.2 Å². The fourth-order valence-corrected chi connectivity index (χ4v) is 1.47. The van der Waals surface area contributed by atoms with E-state index in [0.29, 0.717) is 36.4 Å². The SMILES string of the molecule is CCOc1nc(COC)nc(NCCN(C)C)c1N. The highest BCUT2D eigenvalue weighted by molar-refractivity contribution is 5.66. The van der Waals surface area contributed by atoms with Crippen molar-refractivity contribution in [2.24, 2.45) is 0 Å². The zero-order chi connectivity index (χ0) is 14.3. The van der Waals surface area contributed by atoms with Gasteiger partial charge in [0.15, 0.2) is 11.6 Å². The van der Waals surface area contributed by atoms with Crippen LogP contribution < -0.4 is 15.8 Å². The summed E-state index contributed by atoms with van der Waals surface area (Å²) in [6.07, 6.45) is 0. The molecule has 1 heterocycles. The molecule has 0 saturated carbocycles. The molecule has 1 rings (SSSR count). The molecule has 0 aliphatic carbocycles. The van der Waals surface area contributed by atoms with Gasteiger partial charge in [-0.25, -0.2) is 4.98 Å². The van der Waals surface area contributed by atoms with E-state index < -0.39 is 0 Å². The summed E-state index contributed by atoms with van der Waals surface area (Å²) in [6, 6.07) is 0. The van der Waals surface area contributed by atoms with Gasteiger partial charge in [-0.2, -0.15) is 4.98 Å². The lowest BCUT2D eigenvalue weighted by Crippen LogP contribution is -2.22. The number of likely N-dealkylation sites (N-methyl/N-ethyl adjacent to an activating group) is 1. The molecule has 0 aromatic carbocycles. The third kappa shape index (κ3) is 4.88. The molecular formula is C12H23N5O2. The monoisotopic (exact) mass is 269 g/mol. The predicted molar refractivity (Wildman–Crippen MR) is 75.4 cm³/mol. The summed E-state index contributed by atoms with van der Waals surface area (Å²) in [6.45, 7) is 4.34. The molecule has 7 nitrogen and oxygen atoms in total. The highest BCUT2D eigenvalue weighted by Crippen LogP contribution is 2.26. The van der Waals surface area contributed by atoms with E-state index in [9.17, 15) is 0 Å². The molecule has 1 aromatic heterocycles. The van der Waals surface area contributed by atoms with Gasteiger partial charge in [0, 0.05) is 20.2 Å². The maximum absolute atomic E-state index is 5.98. The van der Waals surface area contributed by atoms with Crippen molar-refractivity contribution in [3.63, 3.8) is 0 Å². The second-order valence-electron chi connectivity index (χ2n) is 4.30. The van der Waals surface area contributed by atoms with Crippen LogP contribution in [0.3, 0.4) is 0 Å². The van der Waals surface area contributed by atoms with Crippen LogP contribution in [0.5, 0.6) is 5.88 Å². The van der Waals surface area contributed by atoms with Gasteiger partial charge in [0.1, 0.15) is 12.3 Å². The molecule has 7 heteroatoms. The number of nitrogens with two attached hydrogens (primary N) is 1. The molecule has 0 atom stereocenters. The molecule has 108 valence electrons. The minimum Gasteiger partial charge on any atom is -0.476 e. The molecule has 0 unspecified atom stereocenters. The van der Waals surface area contributed by atoms with Crippen molar-refractivity contribution >= 4 is 11.5 Å². The van der Waals surface area contributed by atoms with E-state index in [1.807, 2.05) is 21.0 Å². The summed E-state index contributed by atoms with van der Waals surface area (Å²) in [4.78, 5) is 10.6. The Kier molecular flexibility index (Phi) is 6.31. The standard InChI is InChI=1S/C12H23N5O2/c1-5-19-12-10(13)11(14-6-7-17(2)3)15-9(16-12)8-18-4/h5-8,13H2,1-4H3,(H,14,15,16). The fraction of sp³-hybridized carbons (Fsp3) is 0.667. The van der Waals surface area contributed by atoms with Crippen molar-refractivity contribution in [1.82, 2.24) is 14.9 Å². The first-order chi connectivity index (χ1) is 9.08. The fourth-order valence-electron chi connectivity index (χ4n) is 1.47. The average molecular weight is 269 g/mol. The van der Waals surface area contributed by atoms with Crippen molar-refractivity contribution in [2.75, 3.05) is 52.0 Å². The van der Waals surface area contributed by atoms with Crippen LogP contribution in [0.1, 0.15) is 12.7 Å². The van der Waals surface area contributed by atoms with Gasteiger partial charge in [-0.15, -0.1) is 0 Å². The molecule has 0 fully saturated rings. The molecule has 1 aromatic rings. The normalized spacial score (nSPS) is 10.8. The van der Waals surface area contributed by atoms with E-state index >= 15 is 0 Å². The number of methoxy groups -OCH3 is 1. The van der Waals surface area contributed by atoms with Gasteiger partial charge in [-0.1, -0.05) is 0 Å². The molecule has 0 saturated heterocycles. The Bertz CT molecular complexity index is 398. The second-order valence-corrected chi connectivity index (χ2v) is 4.30. The Balaban J connectivity index is 2.86. The van der Waals surface area contributed by atoms with Crippen LogP contribution in [0.15, 0.2) is 0 Å². The lowest BCUT2D eigenvalue weighted by molar-refractivity contribution is 0.176. The van der Waals surface area contributed by atoms with E-state index in [1.165, 1.54) is 0 Å². The van der Waals surface area contributed by atoms with Crippen molar-refractivity contribution in [1.29, 1.82) is 0 Å². The first kappa shape index (κ1) is 15.5. The van der Waals surface area contributed by atoms with Crippen molar-refractivity contribution < 1.29 is 9.47 Å². The number of rotatable bonds is 8. The predicted octanol–water partition coefficient (Wildman–Crippen LogP) is 0.577. The number of hydrogen-bond donors (Lipinski definition) is 2. The van der Waals surface area contributed by atoms with Gasteiger partial charge < -0.3 is 25.4 Å². The summed E-state index contributed by atoms with van der Waals surface area (Å²) in [7, 11) is 5.61. The lowest BCUT2D eigenvalue weighted by atomic mass is 10.4. The van der Waals surface area contributed by atoms with Gasteiger partial charge in [0.2, 0.25) is 5.88 Å². The molecule has 0 spiro atoms. The van der Waals surface area contributed by atoms with E-state index in [-0.39, 0.29) is 0 Å². The minimum atomic E-state index is 0.322. The molecule has 19 heavy (non-hydrogen) atoms. The summed E-state index contributed by atoms with van der Waals surface area (Å²) >= 11 is 0. The quantitative estimate of drug-likeness (QED) is 0.714. The largest absolute Gasteiger partial charge is 0.476 e. The van der Waals surface area contributed by atoms with Crippen LogP contribution in [0.2, 0.25) is 0 Å². The van der Waals surface area contributed by atoms with Crippen LogP contribution in [-0.2, 0) is 11.3 Å². The van der Waals surface area contributed by atoms with Crippen molar-refractivity contribution in [2.45, 2.75) is 13.5 Å². The smallest absolute Gasteiger partial charge is 0.242 e. The number of nitrogens with one attached hydrogen (secondary N) is 1. The zero-order valence-electron chi connectivity index (χ0n) is 12.1. The van der Waals surface area contributed by atoms with Crippen molar-refractivity contribution in [3.05, 3.63) is 5.82 Å². The lowest BCUT2D eigenvalue weighted by Gasteiger charge is -2.15. The highest BCUT2D eigenvalue weighted by Gasteiger charge is 2.12. The van der Waals surface area contributed by atoms with Crippen LogP contribution in [0.4, 0.5) is 11.5 Å². The number of anilines is 2. The first-order valence-electron chi connectivity index (χ1n) is 6.25. The Hall–Kier alpha value is -1.60. The first-order valence-corrected chi connectivity index (χ1v) is 6.25. The maximum Gasteiger partial charge on any atom is 0.242 e. The van der Waals surface area contributed by atoms with E-state index in [0.717, 1.165) is 13.1 Å². The summed E-state index contributed by atoms with van der Waals surface area (Å²) in [5.41, 5.74) is 6.42. The molecule has 0 amide bonds. The van der Waals surface area contributed by atoms with E-state index in [1.54, 1.807) is 7.11 Å². The molecular weight excluding hydrogens is 246 g/mol. The summed E-state index contributed by atoms with van der Waals surface area (Å²) in [5.74, 6) is 1.54. The van der Waals surface area contributed by atoms with Gasteiger partial charge in [-0.05, 0) is 21.0 Å². The summed E-state index contributed by atoms with van der Waals surface area (Å²) in [5, 5.41) is 3.19. The molecule has 0 aliphatic heterocycles. The Morgan fingerprint density at radius 1 is 1.32 bits per heavy atom. The topological polar surface area (TPSA) is 85.5 Å². The van der Waals surface area contributed by atoms with Gasteiger partial charge in [0.05, 0.1) is 6.61 Å².